The van der Waals surface area contributed by atoms with Gasteiger partial charge in [-0.15, -0.1) is 0 Å². The summed E-state index contributed by atoms with van der Waals surface area (Å²) in [5.41, 5.74) is 2.93. The standard InChI is InChI=1S/C25H23N3O3/c26-15-6-16-27-25(31)23(17-18-11-13-20(29)14-12-18)28-24(30)22-10-5-4-9-21(22)19-7-2-1-3-8-19/h1-5,7-14,23,29H,6,16-17H2,(H,27,31)(H,28,30). The summed E-state index contributed by atoms with van der Waals surface area (Å²) in [4.78, 5) is 25.9. The molecule has 0 heterocycles. The second-order valence-corrected chi connectivity index (χ2v) is 7.01. The predicted molar refractivity (Wildman–Crippen MR) is 118 cm³/mol. The molecule has 3 aromatic carbocycles. The molecule has 3 N–H and O–H groups in total. The molecule has 3 rings (SSSR count). The largest absolute Gasteiger partial charge is 0.508 e. The zero-order chi connectivity index (χ0) is 22.1. The van der Waals surface area contributed by atoms with E-state index in [0.29, 0.717) is 5.56 Å². The van der Waals surface area contributed by atoms with Gasteiger partial charge in [0.15, 0.2) is 0 Å². The fourth-order valence-corrected chi connectivity index (χ4v) is 3.23. The van der Waals surface area contributed by atoms with Gasteiger partial charge in [0.1, 0.15) is 11.8 Å². The average Bonchev–Trinajstić information content (AvgIpc) is 2.80. The van der Waals surface area contributed by atoms with Crippen LogP contribution in [0.5, 0.6) is 5.75 Å². The van der Waals surface area contributed by atoms with Gasteiger partial charge < -0.3 is 15.7 Å². The monoisotopic (exact) mass is 413 g/mol. The zero-order valence-electron chi connectivity index (χ0n) is 16.9. The van der Waals surface area contributed by atoms with Crippen LogP contribution in [0.1, 0.15) is 22.3 Å². The summed E-state index contributed by atoms with van der Waals surface area (Å²) in [6, 6.07) is 24.4. The van der Waals surface area contributed by atoms with Crippen LogP contribution in [0.3, 0.4) is 0 Å². The summed E-state index contributed by atoms with van der Waals surface area (Å²) in [6.45, 7) is 0.206. The van der Waals surface area contributed by atoms with Crippen LogP contribution in [0.25, 0.3) is 11.1 Å². The summed E-state index contributed by atoms with van der Waals surface area (Å²) in [5, 5.41) is 23.7. The van der Waals surface area contributed by atoms with Crippen molar-refractivity contribution in [3.8, 4) is 22.9 Å². The molecule has 0 aromatic heterocycles. The molecule has 0 radical (unpaired) electrons. The molecular formula is C25H23N3O3. The molecule has 1 unspecified atom stereocenters. The zero-order valence-corrected chi connectivity index (χ0v) is 16.9. The van der Waals surface area contributed by atoms with Crippen LogP contribution in [-0.4, -0.2) is 29.5 Å². The van der Waals surface area contributed by atoms with E-state index in [1.807, 2.05) is 48.5 Å². The van der Waals surface area contributed by atoms with Crippen molar-refractivity contribution in [3.63, 3.8) is 0 Å². The predicted octanol–water partition coefficient (Wildman–Crippen LogP) is 3.43. The molecule has 0 fully saturated rings. The third-order valence-corrected chi connectivity index (χ3v) is 4.79. The number of hydrogen-bond acceptors (Lipinski definition) is 4. The highest BCUT2D eigenvalue weighted by Crippen LogP contribution is 2.23. The second kappa shape index (κ2) is 10.6. The quantitative estimate of drug-likeness (QED) is 0.492. The minimum atomic E-state index is -0.834. The van der Waals surface area contributed by atoms with Crippen LogP contribution in [0.2, 0.25) is 0 Å². The van der Waals surface area contributed by atoms with Crippen LogP contribution < -0.4 is 10.6 Å². The molecular weight excluding hydrogens is 390 g/mol. The summed E-state index contributed by atoms with van der Waals surface area (Å²) in [7, 11) is 0. The van der Waals surface area contributed by atoms with Gasteiger partial charge in [-0.1, -0.05) is 60.7 Å². The molecule has 2 amide bonds. The van der Waals surface area contributed by atoms with E-state index in [4.69, 9.17) is 5.26 Å². The maximum absolute atomic E-state index is 13.1. The maximum Gasteiger partial charge on any atom is 0.252 e. The van der Waals surface area contributed by atoms with Crippen LogP contribution in [-0.2, 0) is 11.2 Å². The van der Waals surface area contributed by atoms with E-state index >= 15 is 0 Å². The van der Waals surface area contributed by atoms with E-state index in [1.54, 1.807) is 24.3 Å². The minimum absolute atomic E-state index is 0.125. The van der Waals surface area contributed by atoms with Crippen LogP contribution in [0, 0.1) is 11.3 Å². The molecule has 6 heteroatoms. The summed E-state index contributed by atoms with van der Waals surface area (Å²) in [6.07, 6.45) is 0.431. The molecule has 6 nitrogen and oxygen atoms in total. The summed E-state index contributed by atoms with van der Waals surface area (Å²) >= 11 is 0. The Labute approximate surface area is 181 Å². The van der Waals surface area contributed by atoms with E-state index in [1.165, 1.54) is 12.1 Å². The fourth-order valence-electron chi connectivity index (χ4n) is 3.23. The maximum atomic E-state index is 13.1. The Hall–Kier alpha value is -4.11. The number of phenols is 1. The molecule has 0 bridgehead atoms. The Kier molecular flexibility index (Phi) is 7.39. The van der Waals surface area contributed by atoms with Crippen LogP contribution >= 0.6 is 0 Å². The number of benzene rings is 3. The highest BCUT2D eigenvalue weighted by atomic mass is 16.3. The summed E-state index contributed by atoms with van der Waals surface area (Å²) in [5.74, 6) is -0.605. The Balaban J connectivity index is 1.83. The minimum Gasteiger partial charge on any atom is -0.508 e. The number of hydrogen-bond donors (Lipinski definition) is 3. The third kappa shape index (κ3) is 5.94. The number of rotatable bonds is 8. The smallest absolute Gasteiger partial charge is 0.252 e. The molecule has 3 aromatic rings. The van der Waals surface area contributed by atoms with Gasteiger partial charge in [0.05, 0.1) is 12.5 Å². The fraction of sp³-hybridized carbons (Fsp3) is 0.160. The van der Waals surface area contributed by atoms with Crippen molar-refractivity contribution < 1.29 is 14.7 Å². The first kappa shape index (κ1) is 21.6. The topological polar surface area (TPSA) is 102 Å². The molecule has 31 heavy (non-hydrogen) atoms. The number of phenolic OH excluding ortho intramolecular Hbond substituents is 1. The van der Waals surface area contributed by atoms with E-state index in [2.05, 4.69) is 10.6 Å². The molecule has 0 saturated heterocycles. The lowest BCUT2D eigenvalue weighted by atomic mass is 9.98. The molecule has 0 aliphatic heterocycles. The first-order valence-corrected chi connectivity index (χ1v) is 9.96. The third-order valence-electron chi connectivity index (χ3n) is 4.79. The lowest BCUT2D eigenvalue weighted by molar-refractivity contribution is -0.122. The number of nitriles is 1. The van der Waals surface area contributed by atoms with Gasteiger partial charge in [0, 0.05) is 18.5 Å². The number of nitrogens with one attached hydrogen (secondary N) is 2. The van der Waals surface area contributed by atoms with Gasteiger partial charge in [-0.3, -0.25) is 9.59 Å². The van der Waals surface area contributed by atoms with Crippen molar-refractivity contribution in [1.29, 1.82) is 5.26 Å². The van der Waals surface area contributed by atoms with Gasteiger partial charge in [-0.2, -0.15) is 5.26 Å². The van der Waals surface area contributed by atoms with Crippen molar-refractivity contribution in [2.45, 2.75) is 18.9 Å². The Morgan fingerprint density at radius 1 is 0.935 bits per heavy atom. The SMILES string of the molecule is N#CCCNC(=O)C(Cc1ccc(O)cc1)NC(=O)c1ccccc1-c1ccccc1. The molecule has 0 spiro atoms. The van der Waals surface area contributed by atoms with Crippen molar-refractivity contribution in [3.05, 3.63) is 90.0 Å². The van der Waals surface area contributed by atoms with E-state index < -0.39 is 6.04 Å². The van der Waals surface area contributed by atoms with Gasteiger partial charge in [-0.05, 0) is 34.9 Å². The first-order chi connectivity index (χ1) is 15.1. The van der Waals surface area contributed by atoms with E-state index in [-0.39, 0.29) is 37.0 Å². The first-order valence-electron chi connectivity index (χ1n) is 9.96. The molecule has 156 valence electrons. The Bertz CT molecular complexity index is 1070. The number of carbonyl (C=O) groups excluding carboxylic acids is 2. The average molecular weight is 413 g/mol. The summed E-state index contributed by atoms with van der Waals surface area (Å²) < 4.78 is 0. The van der Waals surface area contributed by atoms with Gasteiger partial charge >= 0.3 is 0 Å². The highest BCUT2D eigenvalue weighted by Gasteiger charge is 2.23. The molecule has 1 atom stereocenters. The number of carbonyl (C=O) groups is 2. The molecule has 0 aliphatic carbocycles. The van der Waals surface area contributed by atoms with Gasteiger partial charge in [-0.25, -0.2) is 0 Å². The second-order valence-electron chi connectivity index (χ2n) is 7.01. The highest BCUT2D eigenvalue weighted by molar-refractivity contribution is 6.02. The lowest BCUT2D eigenvalue weighted by Gasteiger charge is -2.19. The Morgan fingerprint density at radius 2 is 1.61 bits per heavy atom. The van der Waals surface area contributed by atoms with Crippen molar-refractivity contribution in [1.82, 2.24) is 10.6 Å². The number of nitrogens with zero attached hydrogens (tertiary/aromatic N) is 1. The Morgan fingerprint density at radius 3 is 2.32 bits per heavy atom. The van der Waals surface area contributed by atoms with E-state index in [0.717, 1.165) is 16.7 Å². The van der Waals surface area contributed by atoms with Crippen LogP contribution in [0.15, 0.2) is 78.9 Å². The van der Waals surface area contributed by atoms with Crippen molar-refractivity contribution in [2.24, 2.45) is 0 Å². The van der Waals surface area contributed by atoms with E-state index in [9.17, 15) is 14.7 Å². The number of amides is 2. The number of aromatic hydroxyl groups is 1. The normalized spacial score (nSPS) is 11.2. The molecule has 0 aliphatic rings. The lowest BCUT2D eigenvalue weighted by Crippen LogP contribution is -2.48. The van der Waals surface area contributed by atoms with Crippen molar-refractivity contribution in [2.75, 3.05) is 6.54 Å². The van der Waals surface area contributed by atoms with Crippen LogP contribution in [0.4, 0.5) is 0 Å². The van der Waals surface area contributed by atoms with Crippen molar-refractivity contribution >= 4 is 11.8 Å². The van der Waals surface area contributed by atoms with Gasteiger partial charge in [0.2, 0.25) is 5.91 Å². The van der Waals surface area contributed by atoms with Gasteiger partial charge in [0.25, 0.3) is 5.91 Å². The molecule has 0 saturated carbocycles.